The molecule has 106 valence electrons. The average molecular weight is 274 g/mol. The van der Waals surface area contributed by atoms with E-state index in [1.807, 2.05) is 32.2 Å². The summed E-state index contributed by atoms with van der Waals surface area (Å²) in [5, 5.41) is 13.6. The Labute approximate surface area is 117 Å². The zero-order valence-electron chi connectivity index (χ0n) is 11.6. The number of carbonyl (C=O) groups is 1. The molecule has 2 N–H and O–H groups in total. The van der Waals surface area contributed by atoms with Crippen molar-refractivity contribution in [2.45, 2.75) is 19.5 Å². The fraction of sp³-hybridized carbons (Fsp3) is 0.385. The highest BCUT2D eigenvalue weighted by atomic mass is 16.2. The summed E-state index contributed by atoms with van der Waals surface area (Å²) in [6.45, 7) is 3.02. The van der Waals surface area contributed by atoms with Crippen molar-refractivity contribution in [1.82, 2.24) is 30.6 Å². The Bertz CT molecular complexity index is 553. The number of likely N-dealkylation sites (N-methyl/N-ethyl adjacent to an activating group) is 1. The van der Waals surface area contributed by atoms with Gasteiger partial charge in [-0.1, -0.05) is 11.3 Å². The molecular formula is C13H18N6O. The highest BCUT2D eigenvalue weighted by Crippen LogP contribution is 1.99. The monoisotopic (exact) mass is 274 g/mol. The molecule has 0 aliphatic carbocycles. The van der Waals surface area contributed by atoms with Gasteiger partial charge < -0.3 is 10.6 Å². The lowest BCUT2D eigenvalue weighted by atomic mass is 10.3. The Morgan fingerprint density at radius 2 is 2.30 bits per heavy atom. The van der Waals surface area contributed by atoms with Gasteiger partial charge in [-0.25, -0.2) is 4.68 Å². The van der Waals surface area contributed by atoms with Crippen LogP contribution < -0.4 is 10.6 Å². The van der Waals surface area contributed by atoms with Gasteiger partial charge in [0.05, 0.1) is 18.4 Å². The van der Waals surface area contributed by atoms with Crippen molar-refractivity contribution in [3.05, 3.63) is 42.0 Å². The molecule has 0 saturated carbocycles. The lowest BCUT2D eigenvalue weighted by molar-refractivity contribution is 0.0945. The number of hydrogen-bond donors (Lipinski definition) is 2. The van der Waals surface area contributed by atoms with E-state index < -0.39 is 0 Å². The highest BCUT2D eigenvalue weighted by Gasteiger charge is 2.11. The summed E-state index contributed by atoms with van der Waals surface area (Å²) in [6, 6.07) is 5.87. The lowest BCUT2D eigenvalue weighted by Gasteiger charge is -2.09. The highest BCUT2D eigenvalue weighted by molar-refractivity contribution is 5.91. The second kappa shape index (κ2) is 6.76. The maximum atomic E-state index is 11.9. The van der Waals surface area contributed by atoms with Crippen molar-refractivity contribution in [2.75, 3.05) is 13.6 Å². The van der Waals surface area contributed by atoms with E-state index in [2.05, 4.69) is 25.9 Å². The van der Waals surface area contributed by atoms with Crippen LogP contribution in [0.4, 0.5) is 0 Å². The minimum atomic E-state index is -0.223. The lowest BCUT2D eigenvalue weighted by Crippen LogP contribution is -2.37. The number of aromatic nitrogens is 4. The Hall–Kier alpha value is -2.28. The van der Waals surface area contributed by atoms with E-state index in [4.69, 9.17) is 0 Å². The van der Waals surface area contributed by atoms with Gasteiger partial charge >= 0.3 is 0 Å². The molecule has 0 bridgehead atoms. The molecule has 1 amide bonds. The van der Waals surface area contributed by atoms with Crippen molar-refractivity contribution < 1.29 is 4.79 Å². The smallest absolute Gasteiger partial charge is 0.273 e. The molecule has 2 aromatic heterocycles. The fourth-order valence-corrected chi connectivity index (χ4v) is 1.58. The van der Waals surface area contributed by atoms with Gasteiger partial charge in [0, 0.05) is 18.8 Å². The fourth-order valence-electron chi connectivity index (χ4n) is 1.58. The molecule has 0 spiro atoms. The summed E-state index contributed by atoms with van der Waals surface area (Å²) in [5.74, 6) is -0.223. The Morgan fingerprint density at radius 1 is 1.45 bits per heavy atom. The van der Waals surface area contributed by atoms with Gasteiger partial charge in [-0.05, 0) is 26.1 Å². The van der Waals surface area contributed by atoms with Crippen LogP contribution in [0.1, 0.15) is 23.1 Å². The first-order chi connectivity index (χ1) is 9.69. The summed E-state index contributed by atoms with van der Waals surface area (Å²) in [6.07, 6.45) is 3.34. The average Bonchev–Trinajstić information content (AvgIpc) is 2.94. The minimum Gasteiger partial charge on any atom is -0.349 e. The van der Waals surface area contributed by atoms with E-state index in [0.29, 0.717) is 18.8 Å². The Balaban J connectivity index is 1.93. The van der Waals surface area contributed by atoms with Gasteiger partial charge in [-0.3, -0.25) is 9.78 Å². The Morgan fingerprint density at radius 3 is 3.00 bits per heavy atom. The summed E-state index contributed by atoms with van der Waals surface area (Å²) in [7, 11) is 1.85. The third kappa shape index (κ3) is 3.86. The van der Waals surface area contributed by atoms with Gasteiger partial charge in [-0.15, -0.1) is 5.10 Å². The van der Waals surface area contributed by atoms with E-state index in [-0.39, 0.29) is 11.9 Å². The number of carbonyl (C=O) groups excluding carboxylic acids is 1. The molecule has 1 atom stereocenters. The van der Waals surface area contributed by atoms with Crippen molar-refractivity contribution in [3.8, 4) is 0 Å². The van der Waals surface area contributed by atoms with Gasteiger partial charge in [0.1, 0.15) is 0 Å². The van der Waals surface area contributed by atoms with Crippen LogP contribution in [0, 0.1) is 0 Å². The zero-order valence-corrected chi connectivity index (χ0v) is 11.6. The van der Waals surface area contributed by atoms with Gasteiger partial charge in [-0.2, -0.15) is 0 Å². The van der Waals surface area contributed by atoms with Crippen molar-refractivity contribution in [1.29, 1.82) is 0 Å². The predicted octanol–water partition coefficient (Wildman–Crippen LogP) is 0.0591. The molecule has 0 aliphatic rings. The SMILES string of the molecule is CNC(C)CNC(=O)c1cn(Cc2ccccn2)nn1. The van der Waals surface area contributed by atoms with Crippen LogP contribution in [0.5, 0.6) is 0 Å². The molecule has 0 saturated heterocycles. The molecule has 0 fully saturated rings. The maximum absolute atomic E-state index is 11.9. The molecule has 2 rings (SSSR count). The number of hydrogen-bond acceptors (Lipinski definition) is 5. The molecule has 7 heteroatoms. The van der Waals surface area contributed by atoms with Gasteiger partial charge in [0.2, 0.25) is 0 Å². The first-order valence-corrected chi connectivity index (χ1v) is 6.44. The largest absolute Gasteiger partial charge is 0.349 e. The normalized spacial score (nSPS) is 12.1. The number of pyridine rings is 1. The van der Waals surface area contributed by atoms with E-state index >= 15 is 0 Å². The van der Waals surface area contributed by atoms with Crippen LogP contribution in [-0.2, 0) is 6.54 Å². The van der Waals surface area contributed by atoms with E-state index in [1.54, 1.807) is 17.1 Å². The molecule has 0 radical (unpaired) electrons. The summed E-state index contributed by atoms with van der Waals surface area (Å²) in [4.78, 5) is 16.1. The molecule has 7 nitrogen and oxygen atoms in total. The first-order valence-electron chi connectivity index (χ1n) is 6.44. The molecule has 2 aromatic rings. The van der Waals surface area contributed by atoms with Crippen LogP contribution >= 0.6 is 0 Å². The predicted molar refractivity (Wildman–Crippen MR) is 74.2 cm³/mol. The van der Waals surface area contributed by atoms with Crippen LogP contribution in [-0.4, -0.2) is 45.5 Å². The number of nitrogens with one attached hydrogen (secondary N) is 2. The quantitative estimate of drug-likeness (QED) is 0.778. The van der Waals surface area contributed by atoms with Crippen LogP contribution in [0.15, 0.2) is 30.6 Å². The molecule has 0 aliphatic heterocycles. The van der Waals surface area contributed by atoms with E-state index in [1.165, 1.54) is 0 Å². The first kappa shape index (κ1) is 14.1. The molecule has 20 heavy (non-hydrogen) atoms. The second-order valence-corrected chi connectivity index (χ2v) is 4.52. The Kier molecular flexibility index (Phi) is 4.78. The zero-order chi connectivity index (χ0) is 14.4. The number of amides is 1. The molecular weight excluding hydrogens is 256 g/mol. The van der Waals surface area contributed by atoms with Crippen LogP contribution in [0.25, 0.3) is 0 Å². The van der Waals surface area contributed by atoms with Crippen LogP contribution in [0.3, 0.4) is 0 Å². The number of nitrogens with zero attached hydrogens (tertiary/aromatic N) is 4. The van der Waals surface area contributed by atoms with Crippen molar-refractivity contribution >= 4 is 5.91 Å². The summed E-state index contributed by atoms with van der Waals surface area (Å²) >= 11 is 0. The third-order valence-electron chi connectivity index (χ3n) is 2.88. The van der Waals surface area contributed by atoms with Gasteiger partial charge in [0.25, 0.3) is 5.91 Å². The van der Waals surface area contributed by atoms with Gasteiger partial charge in [0.15, 0.2) is 5.69 Å². The number of rotatable bonds is 6. The molecule has 0 aromatic carbocycles. The minimum absolute atomic E-state index is 0.211. The standard InChI is InChI=1S/C13H18N6O/c1-10(14-2)7-16-13(20)12-9-19(18-17-12)8-11-5-3-4-6-15-11/h3-6,9-10,14H,7-8H2,1-2H3,(H,16,20). The maximum Gasteiger partial charge on any atom is 0.273 e. The summed E-state index contributed by atoms with van der Waals surface area (Å²) < 4.78 is 1.60. The topological polar surface area (TPSA) is 84.7 Å². The summed E-state index contributed by atoms with van der Waals surface area (Å²) in [5.41, 5.74) is 1.18. The van der Waals surface area contributed by atoms with Crippen molar-refractivity contribution in [2.24, 2.45) is 0 Å². The molecule has 2 heterocycles. The van der Waals surface area contributed by atoms with Crippen LogP contribution in [0.2, 0.25) is 0 Å². The molecule has 1 unspecified atom stereocenters. The van der Waals surface area contributed by atoms with E-state index in [9.17, 15) is 4.79 Å². The van der Waals surface area contributed by atoms with E-state index in [0.717, 1.165) is 5.69 Å². The third-order valence-corrected chi connectivity index (χ3v) is 2.88. The van der Waals surface area contributed by atoms with Crippen molar-refractivity contribution in [3.63, 3.8) is 0 Å². The second-order valence-electron chi connectivity index (χ2n) is 4.52.